The number of pyridine rings is 1. The summed E-state index contributed by atoms with van der Waals surface area (Å²) in [5.41, 5.74) is 4.55. The van der Waals surface area contributed by atoms with Crippen LogP contribution >= 0.6 is 0 Å². The molecule has 0 aliphatic carbocycles. The zero-order valence-corrected chi connectivity index (χ0v) is 15.8. The van der Waals surface area contributed by atoms with Gasteiger partial charge in [0.25, 0.3) is 5.91 Å². The van der Waals surface area contributed by atoms with Crippen LogP contribution in [0.25, 0.3) is 11.1 Å². The molecule has 0 atom stereocenters. The van der Waals surface area contributed by atoms with E-state index in [9.17, 15) is 4.79 Å². The Morgan fingerprint density at radius 3 is 2.32 bits per heavy atom. The molecule has 140 valence electrons. The number of fused-ring (bicyclic) bond motifs is 1. The Morgan fingerprint density at radius 2 is 1.61 bits per heavy atom. The summed E-state index contributed by atoms with van der Waals surface area (Å²) in [6, 6.07) is 25.7. The molecular formula is C24H22N2O2. The third-order valence-corrected chi connectivity index (χ3v) is 4.74. The van der Waals surface area contributed by atoms with Gasteiger partial charge in [-0.15, -0.1) is 0 Å². The summed E-state index contributed by atoms with van der Waals surface area (Å²) < 4.78 is 5.80. The summed E-state index contributed by atoms with van der Waals surface area (Å²) >= 11 is 0. The Morgan fingerprint density at radius 1 is 0.929 bits per heavy atom. The smallest absolute Gasteiger partial charge is 0.289 e. The number of amides is 1. The molecule has 1 amide bonds. The number of aryl methyl sites for hydroxylation is 1. The van der Waals surface area contributed by atoms with Gasteiger partial charge in [-0.1, -0.05) is 60.7 Å². The molecule has 0 aliphatic heterocycles. The van der Waals surface area contributed by atoms with E-state index in [4.69, 9.17) is 4.42 Å². The molecule has 4 heteroatoms. The molecule has 28 heavy (non-hydrogen) atoms. The van der Waals surface area contributed by atoms with E-state index in [1.54, 1.807) is 6.07 Å². The molecule has 4 nitrogen and oxygen atoms in total. The Kier molecular flexibility index (Phi) is 5.20. The Balaban J connectivity index is 1.59. The van der Waals surface area contributed by atoms with Crippen molar-refractivity contribution in [3.63, 3.8) is 0 Å². The average Bonchev–Trinajstić information content (AvgIpc) is 3.15. The van der Waals surface area contributed by atoms with Gasteiger partial charge in [0.15, 0.2) is 11.3 Å². The lowest BCUT2D eigenvalue weighted by Gasteiger charge is -2.22. The highest BCUT2D eigenvalue weighted by Gasteiger charge is 2.20. The van der Waals surface area contributed by atoms with Crippen molar-refractivity contribution >= 4 is 17.0 Å². The van der Waals surface area contributed by atoms with Crippen molar-refractivity contribution in [1.82, 2.24) is 9.88 Å². The lowest BCUT2D eigenvalue weighted by molar-refractivity contribution is 0.0715. The first-order valence-corrected chi connectivity index (χ1v) is 9.43. The van der Waals surface area contributed by atoms with Gasteiger partial charge in [0.05, 0.1) is 0 Å². The van der Waals surface area contributed by atoms with E-state index in [-0.39, 0.29) is 5.91 Å². The van der Waals surface area contributed by atoms with Crippen LogP contribution in [-0.2, 0) is 13.0 Å². The molecule has 2 aromatic carbocycles. The van der Waals surface area contributed by atoms with Crippen LogP contribution in [0.4, 0.5) is 0 Å². The molecule has 0 bridgehead atoms. The summed E-state index contributed by atoms with van der Waals surface area (Å²) in [5.74, 6) is 0.215. The van der Waals surface area contributed by atoms with E-state index in [0.29, 0.717) is 29.9 Å². The van der Waals surface area contributed by atoms with Gasteiger partial charge in [-0.05, 0) is 36.6 Å². The summed E-state index contributed by atoms with van der Waals surface area (Å²) in [5, 5.41) is 0. The molecule has 0 fully saturated rings. The minimum Gasteiger partial charge on any atom is -0.449 e. The molecule has 0 spiro atoms. The maximum absolute atomic E-state index is 13.2. The highest BCUT2D eigenvalue weighted by Crippen LogP contribution is 2.20. The third-order valence-electron chi connectivity index (χ3n) is 4.74. The topological polar surface area (TPSA) is 46.3 Å². The van der Waals surface area contributed by atoms with Gasteiger partial charge < -0.3 is 9.32 Å². The van der Waals surface area contributed by atoms with Crippen LogP contribution in [0, 0.1) is 6.92 Å². The Labute approximate surface area is 164 Å². The predicted octanol–water partition coefficient (Wildman–Crippen LogP) is 5.02. The van der Waals surface area contributed by atoms with Crippen LogP contribution in [0.5, 0.6) is 0 Å². The van der Waals surface area contributed by atoms with E-state index >= 15 is 0 Å². The lowest BCUT2D eigenvalue weighted by atomic mass is 10.1. The van der Waals surface area contributed by atoms with Crippen LogP contribution in [0.2, 0.25) is 0 Å². The number of benzene rings is 2. The summed E-state index contributed by atoms with van der Waals surface area (Å²) in [7, 11) is 0. The first-order chi connectivity index (χ1) is 13.7. The highest BCUT2D eigenvalue weighted by atomic mass is 16.3. The normalized spacial score (nSPS) is 10.9. The second kappa shape index (κ2) is 8.09. The Hall–Kier alpha value is -3.40. The van der Waals surface area contributed by atoms with Crippen LogP contribution in [0.15, 0.2) is 83.3 Å². The number of aromatic nitrogens is 1. The zero-order valence-electron chi connectivity index (χ0n) is 15.8. The minimum absolute atomic E-state index is 0.115. The van der Waals surface area contributed by atoms with Crippen molar-refractivity contribution < 1.29 is 9.21 Å². The largest absolute Gasteiger partial charge is 0.449 e. The van der Waals surface area contributed by atoms with Crippen molar-refractivity contribution in [3.8, 4) is 0 Å². The number of hydrogen-bond donors (Lipinski definition) is 0. The molecule has 2 aromatic heterocycles. The Bertz CT molecular complexity index is 1070. The van der Waals surface area contributed by atoms with Gasteiger partial charge in [-0.3, -0.25) is 4.79 Å². The molecule has 0 saturated heterocycles. The van der Waals surface area contributed by atoms with E-state index in [2.05, 4.69) is 17.1 Å². The van der Waals surface area contributed by atoms with E-state index < -0.39 is 0 Å². The minimum atomic E-state index is -0.115. The molecule has 0 aliphatic rings. The van der Waals surface area contributed by atoms with Gasteiger partial charge in [0.1, 0.15) is 5.52 Å². The third kappa shape index (κ3) is 4.12. The standard InChI is InChI=1S/C24H22N2O2/c1-18-12-13-22-21(25-18)16-23(28-22)24(27)26(17-20-10-6-3-7-11-20)15-14-19-8-4-2-5-9-19/h2-13,16H,14-15,17H2,1H3. The fourth-order valence-corrected chi connectivity index (χ4v) is 3.25. The zero-order chi connectivity index (χ0) is 19.3. The predicted molar refractivity (Wildman–Crippen MR) is 110 cm³/mol. The molecule has 4 rings (SSSR count). The summed E-state index contributed by atoms with van der Waals surface area (Å²) in [6.45, 7) is 3.08. The molecule has 0 unspecified atom stereocenters. The maximum atomic E-state index is 13.2. The second-order valence-electron chi connectivity index (χ2n) is 6.89. The van der Waals surface area contributed by atoms with Gasteiger partial charge >= 0.3 is 0 Å². The number of hydrogen-bond acceptors (Lipinski definition) is 3. The average molecular weight is 370 g/mol. The van der Waals surface area contributed by atoms with E-state index in [0.717, 1.165) is 17.7 Å². The molecule has 0 N–H and O–H groups in total. The van der Waals surface area contributed by atoms with Crippen LogP contribution < -0.4 is 0 Å². The molecule has 2 heterocycles. The quantitative estimate of drug-likeness (QED) is 0.479. The first-order valence-electron chi connectivity index (χ1n) is 9.43. The van der Waals surface area contributed by atoms with Gasteiger partial charge in [0, 0.05) is 24.8 Å². The summed E-state index contributed by atoms with van der Waals surface area (Å²) in [6.07, 6.45) is 0.789. The fraction of sp³-hybridized carbons (Fsp3) is 0.167. The number of rotatable bonds is 6. The maximum Gasteiger partial charge on any atom is 0.289 e. The highest BCUT2D eigenvalue weighted by molar-refractivity contribution is 5.95. The monoisotopic (exact) mass is 370 g/mol. The van der Waals surface area contributed by atoms with Crippen molar-refractivity contribution in [2.24, 2.45) is 0 Å². The second-order valence-corrected chi connectivity index (χ2v) is 6.89. The van der Waals surface area contributed by atoms with Gasteiger partial charge in [-0.2, -0.15) is 0 Å². The lowest BCUT2D eigenvalue weighted by Crippen LogP contribution is -2.32. The fourth-order valence-electron chi connectivity index (χ4n) is 3.25. The van der Waals surface area contributed by atoms with Crippen molar-refractivity contribution in [1.29, 1.82) is 0 Å². The number of carbonyl (C=O) groups excluding carboxylic acids is 1. The molecule has 4 aromatic rings. The molecule has 0 saturated carbocycles. The summed E-state index contributed by atoms with van der Waals surface area (Å²) in [4.78, 5) is 19.5. The van der Waals surface area contributed by atoms with Gasteiger partial charge in [-0.25, -0.2) is 4.98 Å². The van der Waals surface area contributed by atoms with Crippen molar-refractivity contribution in [2.45, 2.75) is 19.9 Å². The van der Waals surface area contributed by atoms with Crippen LogP contribution in [-0.4, -0.2) is 22.3 Å². The number of furan rings is 1. The number of carbonyl (C=O) groups is 1. The molecular weight excluding hydrogens is 348 g/mol. The van der Waals surface area contributed by atoms with E-state index in [1.165, 1.54) is 5.56 Å². The van der Waals surface area contributed by atoms with Crippen molar-refractivity contribution in [2.75, 3.05) is 6.54 Å². The first kappa shape index (κ1) is 18.0. The number of nitrogens with zero attached hydrogens (tertiary/aromatic N) is 2. The van der Waals surface area contributed by atoms with Crippen molar-refractivity contribution in [3.05, 3.63) is 101 Å². The van der Waals surface area contributed by atoms with Crippen LogP contribution in [0.1, 0.15) is 27.4 Å². The molecule has 0 radical (unpaired) electrons. The van der Waals surface area contributed by atoms with Gasteiger partial charge in [0.2, 0.25) is 0 Å². The van der Waals surface area contributed by atoms with E-state index in [1.807, 2.05) is 72.5 Å². The van der Waals surface area contributed by atoms with Crippen LogP contribution in [0.3, 0.4) is 0 Å². The SMILES string of the molecule is Cc1ccc2oc(C(=O)N(CCc3ccccc3)Cc3ccccc3)cc2n1.